The fourth-order valence-electron chi connectivity index (χ4n) is 4.26. The van der Waals surface area contributed by atoms with Crippen molar-refractivity contribution in [2.75, 3.05) is 36.8 Å². The molecule has 0 spiro atoms. The average molecular weight is 494 g/mol. The van der Waals surface area contributed by atoms with Crippen molar-refractivity contribution in [1.82, 2.24) is 4.90 Å². The molecule has 5 rings (SSSR count). The standard InChI is InChI=1S/C24H18ClF5N4/c25-13-5-6-17-18(11-13)32-24(14-3-1-2-4-16(14)31-17)34-9-7-33(8-10-34)12-15-19(26)21(28)23(30)22(29)20(15)27/h1-6,11H,7-10,12H2,(H,31,32)/p+1. The molecule has 0 bridgehead atoms. The minimum Gasteiger partial charge on any atom is -0.351 e. The molecule has 0 radical (unpaired) electrons. The summed E-state index contributed by atoms with van der Waals surface area (Å²) in [5.74, 6) is -8.73. The van der Waals surface area contributed by atoms with Gasteiger partial charge in [-0.15, -0.1) is 0 Å². The first-order chi connectivity index (χ1) is 16.3. The smallest absolute Gasteiger partial charge is 0.284 e. The first kappa shape index (κ1) is 22.6. The summed E-state index contributed by atoms with van der Waals surface area (Å²) in [6.45, 7) is 1.30. The highest BCUT2D eigenvalue weighted by Crippen LogP contribution is 2.34. The van der Waals surface area contributed by atoms with Crippen LogP contribution in [0.25, 0.3) is 0 Å². The lowest BCUT2D eigenvalue weighted by Gasteiger charge is -2.28. The molecule has 0 amide bonds. The molecule has 0 aromatic heterocycles. The van der Waals surface area contributed by atoms with Crippen LogP contribution in [0.5, 0.6) is 0 Å². The molecule has 4 nitrogen and oxygen atoms in total. The van der Waals surface area contributed by atoms with E-state index in [-0.39, 0.29) is 6.54 Å². The minimum atomic E-state index is -2.15. The molecule has 0 unspecified atom stereocenters. The Balaban J connectivity index is 1.43. The quantitative estimate of drug-likeness (QED) is 0.214. The molecule has 0 saturated carbocycles. The van der Waals surface area contributed by atoms with Crippen molar-refractivity contribution in [1.29, 1.82) is 0 Å². The van der Waals surface area contributed by atoms with E-state index in [4.69, 9.17) is 11.6 Å². The summed E-state index contributed by atoms with van der Waals surface area (Å²) in [7, 11) is 0. The van der Waals surface area contributed by atoms with Gasteiger partial charge in [0.15, 0.2) is 23.3 Å². The van der Waals surface area contributed by atoms with E-state index >= 15 is 0 Å². The van der Waals surface area contributed by atoms with E-state index < -0.39 is 34.6 Å². The third kappa shape index (κ3) is 3.99. The normalized spacial score (nSPS) is 15.8. The van der Waals surface area contributed by atoms with E-state index in [1.807, 2.05) is 36.4 Å². The Morgan fingerprint density at radius 2 is 1.41 bits per heavy atom. The van der Waals surface area contributed by atoms with E-state index in [1.54, 1.807) is 11.0 Å². The van der Waals surface area contributed by atoms with Crippen LogP contribution in [-0.2, 0) is 6.54 Å². The maximum Gasteiger partial charge on any atom is 0.284 e. The molecule has 1 saturated heterocycles. The van der Waals surface area contributed by atoms with Crippen molar-refractivity contribution in [2.24, 2.45) is 0 Å². The number of anilines is 3. The Morgan fingerprint density at radius 3 is 2.12 bits per heavy atom. The molecular weight excluding hydrogens is 475 g/mol. The summed E-state index contributed by atoms with van der Waals surface area (Å²) in [5, 5.41) is 7.43. The molecule has 2 aliphatic rings. The second-order valence-electron chi connectivity index (χ2n) is 8.15. The number of piperazine rings is 1. The topological polar surface area (TPSA) is 30.3 Å². The van der Waals surface area contributed by atoms with Gasteiger partial charge in [-0.05, 0) is 24.3 Å². The molecule has 0 aliphatic carbocycles. The maximum absolute atomic E-state index is 14.1. The van der Waals surface area contributed by atoms with Gasteiger partial charge in [-0.3, -0.25) is 9.48 Å². The number of fused-ring (bicyclic) bond motifs is 2. The van der Waals surface area contributed by atoms with Crippen LogP contribution in [-0.4, -0.2) is 41.5 Å². The Morgan fingerprint density at radius 1 is 0.765 bits per heavy atom. The third-order valence-electron chi connectivity index (χ3n) is 6.06. The summed E-state index contributed by atoms with van der Waals surface area (Å²) >= 11 is 6.19. The maximum atomic E-state index is 14.1. The summed E-state index contributed by atoms with van der Waals surface area (Å²) in [6, 6.07) is 13.3. The number of halogens is 6. The summed E-state index contributed by atoms with van der Waals surface area (Å²) in [6.07, 6.45) is 0. The predicted octanol–water partition coefficient (Wildman–Crippen LogP) is 5.48. The predicted molar refractivity (Wildman–Crippen MR) is 120 cm³/mol. The fraction of sp³-hybridized carbons (Fsp3) is 0.208. The van der Waals surface area contributed by atoms with E-state index in [1.165, 1.54) is 0 Å². The van der Waals surface area contributed by atoms with Crippen LogP contribution in [0.4, 0.5) is 39.0 Å². The summed E-state index contributed by atoms with van der Waals surface area (Å²) < 4.78 is 70.8. The van der Waals surface area contributed by atoms with Crippen LogP contribution in [0.3, 0.4) is 0 Å². The zero-order chi connectivity index (χ0) is 24.0. The second-order valence-corrected chi connectivity index (χ2v) is 8.58. The van der Waals surface area contributed by atoms with E-state index in [2.05, 4.69) is 15.2 Å². The van der Waals surface area contributed by atoms with Gasteiger partial charge in [0.1, 0.15) is 5.69 Å². The van der Waals surface area contributed by atoms with Crippen molar-refractivity contribution < 1.29 is 26.5 Å². The van der Waals surface area contributed by atoms with Gasteiger partial charge >= 0.3 is 0 Å². The lowest BCUT2D eigenvalue weighted by atomic mass is 10.1. The number of hydrogen-bond donors (Lipinski definition) is 2. The Bertz CT molecular complexity index is 1290. The number of nitrogens with one attached hydrogen (secondary N) is 2. The largest absolute Gasteiger partial charge is 0.351 e. The van der Waals surface area contributed by atoms with Crippen molar-refractivity contribution in [2.45, 2.75) is 6.54 Å². The van der Waals surface area contributed by atoms with Crippen LogP contribution in [0, 0.1) is 29.1 Å². The first-order valence-corrected chi connectivity index (χ1v) is 11.0. The number of amidine groups is 1. The highest BCUT2D eigenvalue weighted by atomic mass is 35.5. The van der Waals surface area contributed by atoms with Gasteiger partial charge in [0.25, 0.3) is 5.84 Å². The highest BCUT2D eigenvalue weighted by molar-refractivity contribution is 6.31. The van der Waals surface area contributed by atoms with E-state index in [0.717, 1.165) is 28.5 Å². The molecule has 2 aliphatic heterocycles. The van der Waals surface area contributed by atoms with Crippen LogP contribution >= 0.6 is 11.6 Å². The van der Waals surface area contributed by atoms with Gasteiger partial charge in [-0.2, -0.15) is 0 Å². The number of nitrogens with zero attached hydrogens (tertiary/aromatic N) is 2. The molecule has 1 fully saturated rings. The van der Waals surface area contributed by atoms with Gasteiger partial charge in [-0.1, -0.05) is 23.7 Å². The number of benzene rings is 3. The summed E-state index contributed by atoms with van der Waals surface area (Å²) in [4.78, 5) is 1.67. The Hall–Kier alpha value is -3.17. The molecule has 3 aromatic carbocycles. The van der Waals surface area contributed by atoms with Gasteiger partial charge in [0.2, 0.25) is 5.82 Å². The average Bonchev–Trinajstić information content (AvgIpc) is 3.01. The van der Waals surface area contributed by atoms with Crippen molar-refractivity contribution in [3.63, 3.8) is 0 Å². The molecule has 0 atom stereocenters. The van der Waals surface area contributed by atoms with Gasteiger partial charge < -0.3 is 5.32 Å². The molecule has 3 aromatic rings. The lowest BCUT2D eigenvalue weighted by Crippen LogP contribution is -2.45. The zero-order valence-corrected chi connectivity index (χ0v) is 18.5. The van der Waals surface area contributed by atoms with Crippen molar-refractivity contribution >= 4 is 34.5 Å². The molecule has 2 heterocycles. The van der Waals surface area contributed by atoms with Crippen LogP contribution < -0.4 is 10.6 Å². The zero-order valence-electron chi connectivity index (χ0n) is 17.7. The van der Waals surface area contributed by atoms with Gasteiger partial charge in [-0.25, -0.2) is 27.3 Å². The van der Waals surface area contributed by atoms with Crippen LogP contribution in [0.2, 0.25) is 5.02 Å². The van der Waals surface area contributed by atoms with Gasteiger partial charge in [0, 0.05) is 36.3 Å². The van der Waals surface area contributed by atoms with E-state index in [0.29, 0.717) is 31.2 Å². The van der Waals surface area contributed by atoms with Crippen LogP contribution in [0.1, 0.15) is 11.1 Å². The molecule has 34 heavy (non-hydrogen) atoms. The number of hydrogen-bond acceptors (Lipinski definition) is 2. The fourth-order valence-corrected chi connectivity index (χ4v) is 4.43. The van der Waals surface area contributed by atoms with Crippen molar-refractivity contribution in [3.05, 3.63) is 87.7 Å². The highest BCUT2D eigenvalue weighted by Gasteiger charge is 2.30. The molecular formula is C24H19ClF5N4+. The Labute approximate surface area is 197 Å². The third-order valence-corrected chi connectivity index (χ3v) is 6.29. The monoisotopic (exact) mass is 493 g/mol. The molecule has 10 heteroatoms. The number of para-hydroxylation sites is 1. The minimum absolute atomic E-state index is 0.364. The van der Waals surface area contributed by atoms with Crippen molar-refractivity contribution in [3.8, 4) is 0 Å². The molecule has 176 valence electrons. The van der Waals surface area contributed by atoms with Gasteiger partial charge in [0.05, 0.1) is 30.0 Å². The summed E-state index contributed by atoms with van der Waals surface area (Å²) in [5.41, 5.74) is 2.67. The SMILES string of the molecule is Fc1c(F)c(F)c(CN2CC[N+](=C3Nc4cc(Cl)ccc4Nc4ccccc43)CC2)c(F)c1F. The van der Waals surface area contributed by atoms with E-state index in [9.17, 15) is 22.0 Å². The van der Waals surface area contributed by atoms with Crippen LogP contribution in [0.15, 0.2) is 42.5 Å². The number of rotatable bonds is 2. The lowest BCUT2D eigenvalue weighted by molar-refractivity contribution is -0.539. The second kappa shape index (κ2) is 8.88. The first-order valence-electron chi connectivity index (χ1n) is 10.6. The Kier molecular flexibility index (Phi) is 5.91. The molecule has 2 N–H and O–H groups in total.